The van der Waals surface area contributed by atoms with Gasteiger partial charge in [0.2, 0.25) is 0 Å². The Morgan fingerprint density at radius 2 is 2.21 bits per heavy atom. The quantitative estimate of drug-likeness (QED) is 0.580. The molecular formula is C12H17BrN2O4. The number of benzene rings is 1. The minimum Gasteiger partial charge on any atom is -0.395 e. The van der Waals surface area contributed by atoms with E-state index in [4.69, 9.17) is 9.84 Å². The smallest absolute Gasteiger partial charge is 0.270 e. The van der Waals surface area contributed by atoms with Crippen molar-refractivity contribution < 1.29 is 14.8 Å². The molecule has 0 amide bonds. The van der Waals surface area contributed by atoms with Gasteiger partial charge in [-0.15, -0.1) is 0 Å². The number of methoxy groups -OCH3 is 1. The third-order valence-corrected chi connectivity index (χ3v) is 3.41. The van der Waals surface area contributed by atoms with Crippen molar-refractivity contribution >= 4 is 21.6 Å². The van der Waals surface area contributed by atoms with E-state index >= 15 is 0 Å². The van der Waals surface area contributed by atoms with Gasteiger partial charge in [0.15, 0.2) is 0 Å². The standard InChI is InChI=1S/C12H17BrN2O4/c1-19-7-5-14(4-6-16)9-10-2-3-11(15(17)18)8-12(10)13/h2-3,8,16H,4-7,9H2,1H3. The number of ether oxygens (including phenoxy) is 1. The number of hydrogen-bond acceptors (Lipinski definition) is 5. The van der Waals surface area contributed by atoms with Crippen molar-refractivity contribution in [2.24, 2.45) is 0 Å². The first-order valence-corrected chi connectivity index (χ1v) is 6.62. The van der Waals surface area contributed by atoms with E-state index in [-0.39, 0.29) is 12.3 Å². The maximum Gasteiger partial charge on any atom is 0.270 e. The Balaban J connectivity index is 2.75. The summed E-state index contributed by atoms with van der Waals surface area (Å²) in [5.74, 6) is 0. The fraction of sp³-hybridized carbons (Fsp3) is 0.500. The molecule has 0 spiro atoms. The summed E-state index contributed by atoms with van der Waals surface area (Å²) in [6.45, 7) is 2.47. The predicted octanol–water partition coefficient (Wildman–Crippen LogP) is 1.80. The summed E-state index contributed by atoms with van der Waals surface area (Å²) in [6.07, 6.45) is 0. The molecule has 0 aliphatic heterocycles. The molecule has 0 saturated heterocycles. The predicted molar refractivity (Wildman–Crippen MR) is 75.0 cm³/mol. The van der Waals surface area contributed by atoms with Crippen molar-refractivity contribution in [2.75, 3.05) is 33.4 Å². The number of aliphatic hydroxyl groups excluding tert-OH is 1. The highest BCUT2D eigenvalue weighted by Crippen LogP contribution is 2.24. The number of nitrogens with zero attached hydrogens (tertiary/aromatic N) is 2. The molecule has 106 valence electrons. The van der Waals surface area contributed by atoms with Gasteiger partial charge in [-0.3, -0.25) is 15.0 Å². The minimum atomic E-state index is -0.426. The van der Waals surface area contributed by atoms with Crippen LogP contribution in [0.5, 0.6) is 0 Å². The molecule has 19 heavy (non-hydrogen) atoms. The van der Waals surface area contributed by atoms with Crippen molar-refractivity contribution in [3.8, 4) is 0 Å². The highest BCUT2D eigenvalue weighted by atomic mass is 79.9. The average molecular weight is 333 g/mol. The van der Waals surface area contributed by atoms with E-state index in [1.165, 1.54) is 12.1 Å². The summed E-state index contributed by atoms with van der Waals surface area (Å²) >= 11 is 3.34. The van der Waals surface area contributed by atoms with Crippen LogP contribution in [0.2, 0.25) is 0 Å². The molecule has 1 N–H and O–H groups in total. The van der Waals surface area contributed by atoms with Crippen LogP contribution in [0.25, 0.3) is 0 Å². The van der Waals surface area contributed by atoms with Crippen molar-refractivity contribution in [2.45, 2.75) is 6.54 Å². The second-order valence-electron chi connectivity index (χ2n) is 4.03. The molecule has 1 rings (SSSR count). The first-order valence-electron chi connectivity index (χ1n) is 5.83. The van der Waals surface area contributed by atoms with Crippen LogP contribution in [-0.4, -0.2) is 48.3 Å². The molecule has 0 saturated carbocycles. The molecule has 0 aliphatic carbocycles. The largest absolute Gasteiger partial charge is 0.395 e. The van der Waals surface area contributed by atoms with Gasteiger partial charge in [-0.05, 0) is 11.6 Å². The molecule has 0 aliphatic rings. The normalized spacial score (nSPS) is 10.9. The van der Waals surface area contributed by atoms with Crippen LogP contribution in [0.1, 0.15) is 5.56 Å². The number of halogens is 1. The summed E-state index contributed by atoms with van der Waals surface area (Å²) in [4.78, 5) is 12.3. The Labute approximate surface area is 120 Å². The number of non-ortho nitro benzene ring substituents is 1. The van der Waals surface area contributed by atoms with Gasteiger partial charge in [0.05, 0.1) is 18.1 Å². The third-order valence-electron chi connectivity index (χ3n) is 2.67. The maximum absolute atomic E-state index is 10.7. The summed E-state index contributed by atoms with van der Waals surface area (Å²) in [6, 6.07) is 4.69. The topological polar surface area (TPSA) is 75.8 Å². The van der Waals surface area contributed by atoms with Crippen LogP contribution in [0.15, 0.2) is 22.7 Å². The molecule has 0 radical (unpaired) electrons. The first-order chi connectivity index (χ1) is 9.08. The molecule has 0 unspecified atom stereocenters. The summed E-state index contributed by atoms with van der Waals surface area (Å²) in [5, 5.41) is 19.7. The Morgan fingerprint density at radius 1 is 1.47 bits per heavy atom. The van der Waals surface area contributed by atoms with Gasteiger partial charge in [-0.25, -0.2) is 0 Å². The average Bonchev–Trinajstić information content (AvgIpc) is 2.38. The Morgan fingerprint density at radius 3 is 2.74 bits per heavy atom. The molecule has 0 heterocycles. The van der Waals surface area contributed by atoms with Crippen LogP contribution in [0, 0.1) is 10.1 Å². The Kier molecular flexibility index (Phi) is 6.93. The highest BCUT2D eigenvalue weighted by Gasteiger charge is 2.12. The molecule has 1 aromatic rings. The van der Waals surface area contributed by atoms with Crippen LogP contribution in [0.4, 0.5) is 5.69 Å². The number of rotatable bonds is 8. The number of nitro benzene ring substituents is 1. The Bertz CT molecular complexity index is 428. The zero-order chi connectivity index (χ0) is 14.3. The number of nitro groups is 1. The summed E-state index contributed by atoms with van der Waals surface area (Å²) in [7, 11) is 1.62. The number of hydrogen-bond donors (Lipinski definition) is 1. The first kappa shape index (κ1) is 16.0. The van der Waals surface area contributed by atoms with Crippen molar-refractivity contribution in [1.82, 2.24) is 4.90 Å². The molecule has 0 atom stereocenters. The minimum absolute atomic E-state index is 0.0567. The Hall–Kier alpha value is -1.02. The van der Waals surface area contributed by atoms with E-state index in [0.29, 0.717) is 30.7 Å². The van der Waals surface area contributed by atoms with Crippen LogP contribution in [0.3, 0.4) is 0 Å². The highest BCUT2D eigenvalue weighted by molar-refractivity contribution is 9.10. The molecule has 0 aromatic heterocycles. The summed E-state index contributed by atoms with van der Waals surface area (Å²) < 4.78 is 5.71. The second kappa shape index (κ2) is 8.21. The molecule has 0 bridgehead atoms. The second-order valence-corrected chi connectivity index (χ2v) is 4.88. The van der Waals surface area contributed by atoms with Crippen molar-refractivity contribution in [3.05, 3.63) is 38.3 Å². The van der Waals surface area contributed by atoms with Crippen LogP contribution >= 0.6 is 15.9 Å². The van der Waals surface area contributed by atoms with Crippen molar-refractivity contribution in [3.63, 3.8) is 0 Å². The van der Waals surface area contributed by atoms with E-state index in [1.807, 2.05) is 4.90 Å². The van der Waals surface area contributed by atoms with Gasteiger partial charge in [-0.1, -0.05) is 15.9 Å². The monoisotopic (exact) mass is 332 g/mol. The number of aliphatic hydroxyl groups is 1. The zero-order valence-corrected chi connectivity index (χ0v) is 12.3. The van der Waals surface area contributed by atoms with Gasteiger partial charge in [-0.2, -0.15) is 0 Å². The van der Waals surface area contributed by atoms with E-state index in [1.54, 1.807) is 13.2 Å². The van der Waals surface area contributed by atoms with E-state index < -0.39 is 4.92 Å². The molecular weight excluding hydrogens is 316 g/mol. The van der Waals surface area contributed by atoms with Gasteiger partial charge in [0, 0.05) is 43.3 Å². The lowest BCUT2D eigenvalue weighted by Gasteiger charge is -2.21. The molecule has 6 nitrogen and oxygen atoms in total. The maximum atomic E-state index is 10.7. The lowest BCUT2D eigenvalue weighted by atomic mass is 10.2. The molecule has 1 aromatic carbocycles. The lowest BCUT2D eigenvalue weighted by molar-refractivity contribution is -0.384. The van der Waals surface area contributed by atoms with Crippen molar-refractivity contribution in [1.29, 1.82) is 0 Å². The van der Waals surface area contributed by atoms with E-state index in [9.17, 15) is 10.1 Å². The summed E-state index contributed by atoms with van der Waals surface area (Å²) in [5.41, 5.74) is 0.997. The van der Waals surface area contributed by atoms with Gasteiger partial charge in [0.1, 0.15) is 0 Å². The van der Waals surface area contributed by atoms with E-state index in [2.05, 4.69) is 15.9 Å². The fourth-order valence-corrected chi connectivity index (χ4v) is 2.14. The van der Waals surface area contributed by atoms with Gasteiger partial charge in [0.25, 0.3) is 5.69 Å². The van der Waals surface area contributed by atoms with E-state index in [0.717, 1.165) is 5.56 Å². The SMILES string of the molecule is COCCN(CCO)Cc1ccc([N+](=O)[O-])cc1Br. The fourth-order valence-electron chi connectivity index (χ4n) is 1.65. The molecule has 0 fully saturated rings. The van der Waals surface area contributed by atoms with Crippen LogP contribution in [-0.2, 0) is 11.3 Å². The zero-order valence-electron chi connectivity index (χ0n) is 10.7. The van der Waals surface area contributed by atoms with Crippen LogP contribution < -0.4 is 0 Å². The third kappa shape index (κ3) is 5.23. The molecule has 7 heteroatoms. The van der Waals surface area contributed by atoms with Gasteiger partial charge >= 0.3 is 0 Å². The lowest BCUT2D eigenvalue weighted by Crippen LogP contribution is -2.30. The van der Waals surface area contributed by atoms with Gasteiger partial charge < -0.3 is 9.84 Å².